The van der Waals surface area contributed by atoms with Gasteiger partial charge in [0.2, 0.25) is 0 Å². The quantitative estimate of drug-likeness (QED) is 0.734. The number of aliphatic hydroxyl groups is 1. The third-order valence-corrected chi connectivity index (χ3v) is 4.79. The van der Waals surface area contributed by atoms with E-state index in [1.54, 1.807) is 20.3 Å². The molecule has 2 unspecified atom stereocenters. The van der Waals surface area contributed by atoms with Gasteiger partial charge in [-0.2, -0.15) is 5.26 Å². The van der Waals surface area contributed by atoms with Crippen LogP contribution in [0, 0.1) is 11.3 Å². The van der Waals surface area contributed by atoms with Crippen LogP contribution in [0.15, 0.2) is 24.3 Å². The van der Waals surface area contributed by atoms with Crippen molar-refractivity contribution in [1.29, 1.82) is 5.26 Å². The standard InChI is InChI=1S/C20H28N2O3/c1-4-7-16(14-21)22-10-9-15-12-19(24-2)20(25-3)13-17(15)18(22)8-5-6-11-23/h5-6,12-13,16,18,23H,4,7-11H2,1-3H3/b6-5+. The summed E-state index contributed by atoms with van der Waals surface area (Å²) in [6.45, 7) is 2.98. The highest BCUT2D eigenvalue weighted by molar-refractivity contribution is 5.49. The normalized spacial score (nSPS) is 18.6. The Balaban J connectivity index is 2.44. The first-order chi connectivity index (χ1) is 12.2. The molecule has 0 spiro atoms. The molecule has 1 aliphatic heterocycles. The van der Waals surface area contributed by atoms with Crippen molar-refractivity contribution in [2.24, 2.45) is 0 Å². The van der Waals surface area contributed by atoms with E-state index in [4.69, 9.17) is 14.6 Å². The van der Waals surface area contributed by atoms with Crippen molar-refractivity contribution < 1.29 is 14.6 Å². The lowest BCUT2D eigenvalue weighted by Gasteiger charge is -2.40. The Kier molecular flexibility index (Phi) is 7.30. The molecular formula is C20H28N2O3. The second-order valence-electron chi connectivity index (χ2n) is 6.23. The van der Waals surface area contributed by atoms with Gasteiger partial charge in [-0.15, -0.1) is 0 Å². The van der Waals surface area contributed by atoms with E-state index in [1.807, 2.05) is 12.1 Å². The summed E-state index contributed by atoms with van der Waals surface area (Å²) < 4.78 is 10.9. The number of fused-ring (bicyclic) bond motifs is 1. The lowest BCUT2D eigenvalue weighted by atomic mass is 9.88. The van der Waals surface area contributed by atoms with E-state index in [0.29, 0.717) is 5.75 Å². The number of hydrogen-bond donors (Lipinski definition) is 1. The van der Waals surface area contributed by atoms with Gasteiger partial charge >= 0.3 is 0 Å². The number of rotatable bonds is 8. The van der Waals surface area contributed by atoms with E-state index in [-0.39, 0.29) is 18.7 Å². The SMILES string of the molecule is CCCC(C#N)N1CCc2cc(OC)c(OC)cc2C1C/C=C/CO. The number of hydrogen-bond acceptors (Lipinski definition) is 5. The van der Waals surface area contributed by atoms with E-state index in [9.17, 15) is 5.26 Å². The lowest BCUT2D eigenvalue weighted by Crippen LogP contribution is -2.42. The fraction of sp³-hybridized carbons (Fsp3) is 0.550. The van der Waals surface area contributed by atoms with Crippen LogP contribution < -0.4 is 9.47 Å². The third kappa shape index (κ3) is 4.33. The molecule has 0 aromatic heterocycles. The van der Waals surface area contributed by atoms with Crippen molar-refractivity contribution >= 4 is 0 Å². The molecule has 136 valence electrons. The monoisotopic (exact) mass is 344 g/mol. The van der Waals surface area contributed by atoms with Gasteiger partial charge < -0.3 is 14.6 Å². The molecule has 0 amide bonds. The molecule has 0 saturated heterocycles. The smallest absolute Gasteiger partial charge is 0.161 e. The maximum Gasteiger partial charge on any atom is 0.161 e. The zero-order chi connectivity index (χ0) is 18.2. The summed E-state index contributed by atoms with van der Waals surface area (Å²) >= 11 is 0. The summed E-state index contributed by atoms with van der Waals surface area (Å²) in [5, 5.41) is 18.7. The largest absolute Gasteiger partial charge is 0.493 e. The Morgan fingerprint density at radius 1 is 1.32 bits per heavy atom. The predicted molar refractivity (Wildman–Crippen MR) is 97.8 cm³/mol. The van der Waals surface area contributed by atoms with Crippen LogP contribution in [0.5, 0.6) is 11.5 Å². The molecule has 5 nitrogen and oxygen atoms in total. The predicted octanol–water partition coefficient (Wildman–Crippen LogP) is 3.23. The van der Waals surface area contributed by atoms with Crippen LogP contribution >= 0.6 is 0 Å². The number of aliphatic hydroxyl groups excluding tert-OH is 1. The zero-order valence-corrected chi connectivity index (χ0v) is 15.4. The summed E-state index contributed by atoms with van der Waals surface area (Å²) in [6, 6.07) is 6.56. The maximum absolute atomic E-state index is 9.64. The molecule has 1 heterocycles. The first kappa shape index (κ1) is 19.3. The highest BCUT2D eigenvalue weighted by Gasteiger charge is 2.32. The molecule has 0 aliphatic carbocycles. The van der Waals surface area contributed by atoms with Gasteiger partial charge in [-0.25, -0.2) is 0 Å². The van der Waals surface area contributed by atoms with E-state index in [1.165, 1.54) is 11.1 Å². The second kappa shape index (κ2) is 9.45. The third-order valence-electron chi connectivity index (χ3n) is 4.79. The minimum absolute atomic E-state index is 0.0299. The van der Waals surface area contributed by atoms with Crippen molar-refractivity contribution in [3.05, 3.63) is 35.4 Å². The van der Waals surface area contributed by atoms with Crippen LogP contribution in [0.1, 0.15) is 43.4 Å². The van der Waals surface area contributed by atoms with Gasteiger partial charge in [0.25, 0.3) is 0 Å². The van der Waals surface area contributed by atoms with Crippen molar-refractivity contribution in [3.63, 3.8) is 0 Å². The summed E-state index contributed by atoms with van der Waals surface area (Å²) in [5.74, 6) is 1.45. The van der Waals surface area contributed by atoms with Gasteiger partial charge in [0.15, 0.2) is 11.5 Å². The average Bonchev–Trinajstić information content (AvgIpc) is 2.65. The first-order valence-corrected chi connectivity index (χ1v) is 8.86. The van der Waals surface area contributed by atoms with E-state index in [2.05, 4.69) is 24.0 Å². The molecule has 25 heavy (non-hydrogen) atoms. The van der Waals surface area contributed by atoms with Gasteiger partial charge in [-0.05, 0) is 42.5 Å². The molecule has 0 saturated carbocycles. The fourth-order valence-electron chi connectivity index (χ4n) is 3.56. The highest BCUT2D eigenvalue weighted by atomic mass is 16.5. The van der Waals surface area contributed by atoms with Crippen LogP contribution in [0.3, 0.4) is 0 Å². The lowest BCUT2D eigenvalue weighted by molar-refractivity contribution is 0.146. The Morgan fingerprint density at radius 3 is 2.64 bits per heavy atom. The van der Waals surface area contributed by atoms with Crippen molar-refractivity contribution in [1.82, 2.24) is 4.90 Å². The highest BCUT2D eigenvalue weighted by Crippen LogP contribution is 2.40. The molecule has 5 heteroatoms. The number of ether oxygens (including phenoxy) is 2. The number of nitriles is 1. The molecule has 2 rings (SSSR count). The van der Waals surface area contributed by atoms with E-state index < -0.39 is 0 Å². The first-order valence-electron chi connectivity index (χ1n) is 8.86. The number of methoxy groups -OCH3 is 2. The number of benzene rings is 1. The summed E-state index contributed by atoms with van der Waals surface area (Å²) in [6.07, 6.45) is 7.23. The minimum Gasteiger partial charge on any atom is -0.493 e. The van der Waals surface area contributed by atoms with E-state index >= 15 is 0 Å². The Bertz CT molecular complexity index is 637. The van der Waals surface area contributed by atoms with Gasteiger partial charge in [0.1, 0.15) is 0 Å². The Labute approximate surface area is 150 Å². The number of nitrogens with zero attached hydrogens (tertiary/aromatic N) is 2. The van der Waals surface area contributed by atoms with Gasteiger partial charge in [-0.1, -0.05) is 25.5 Å². The van der Waals surface area contributed by atoms with Crippen LogP contribution in [0.4, 0.5) is 0 Å². The van der Waals surface area contributed by atoms with Crippen LogP contribution in [0.25, 0.3) is 0 Å². The summed E-state index contributed by atoms with van der Waals surface area (Å²) in [4.78, 5) is 2.29. The minimum atomic E-state index is -0.0984. The molecule has 1 aromatic rings. The topological polar surface area (TPSA) is 65.7 Å². The van der Waals surface area contributed by atoms with Crippen molar-refractivity contribution in [2.75, 3.05) is 27.4 Å². The van der Waals surface area contributed by atoms with E-state index in [0.717, 1.165) is 38.0 Å². The molecular weight excluding hydrogens is 316 g/mol. The van der Waals surface area contributed by atoms with Crippen molar-refractivity contribution in [3.8, 4) is 17.6 Å². The fourth-order valence-corrected chi connectivity index (χ4v) is 3.56. The average molecular weight is 344 g/mol. The summed E-state index contributed by atoms with van der Waals surface area (Å²) in [5.41, 5.74) is 2.42. The molecule has 1 aliphatic rings. The van der Waals surface area contributed by atoms with Crippen molar-refractivity contribution in [2.45, 2.75) is 44.7 Å². The maximum atomic E-state index is 9.64. The molecule has 1 aromatic carbocycles. The second-order valence-corrected chi connectivity index (χ2v) is 6.23. The van der Waals surface area contributed by atoms with Crippen LogP contribution in [0.2, 0.25) is 0 Å². The molecule has 1 N–H and O–H groups in total. The molecule has 2 atom stereocenters. The Hall–Kier alpha value is -2.03. The van der Waals surface area contributed by atoms with Gasteiger partial charge in [-0.3, -0.25) is 4.90 Å². The van der Waals surface area contributed by atoms with Crippen LogP contribution in [-0.2, 0) is 6.42 Å². The van der Waals surface area contributed by atoms with Gasteiger partial charge in [0, 0.05) is 12.6 Å². The van der Waals surface area contributed by atoms with Gasteiger partial charge in [0.05, 0.1) is 32.9 Å². The molecule has 0 radical (unpaired) electrons. The molecule has 0 bridgehead atoms. The Morgan fingerprint density at radius 2 is 2.04 bits per heavy atom. The summed E-state index contributed by atoms with van der Waals surface area (Å²) in [7, 11) is 3.29. The molecule has 0 fully saturated rings. The van der Waals surface area contributed by atoms with Crippen LogP contribution in [-0.4, -0.2) is 43.4 Å². The zero-order valence-electron chi connectivity index (χ0n) is 15.4.